The number of ether oxygens (including phenoxy) is 2. The fourth-order valence-electron chi connectivity index (χ4n) is 8.83. The van der Waals surface area contributed by atoms with E-state index in [9.17, 15) is 8.78 Å². The fourth-order valence-corrected chi connectivity index (χ4v) is 8.83. The van der Waals surface area contributed by atoms with Crippen LogP contribution in [0.2, 0.25) is 0 Å². The molecule has 0 spiro atoms. The van der Waals surface area contributed by atoms with Crippen molar-refractivity contribution >= 4 is 0 Å². The third-order valence-corrected chi connectivity index (χ3v) is 11.0. The molecule has 0 aliphatic heterocycles. The van der Waals surface area contributed by atoms with Crippen LogP contribution in [0, 0.1) is 59.0 Å². The van der Waals surface area contributed by atoms with Crippen LogP contribution >= 0.6 is 0 Å². The zero-order valence-corrected chi connectivity index (χ0v) is 23.8. The lowest BCUT2D eigenvalue weighted by atomic mass is 9.58. The normalized spacial score (nSPS) is 36.1. The Bertz CT molecular complexity index is 913. The number of fused-ring (bicyclic) bond motifs is 1. The van der Waals surface area contributed by atoms with E-state index in [4.69, 9.17) is 9.47 Å². The van der Waals surface area contributed by atoms with Gasteiger partial charge in [0.25, 0.3) is 0 Å². The second-order valence-corrected chi connectivity index (χ2v) is 13.1. The van der Waals surface area contributed by atoms with E-state index in [0.29, 0.717) is 19.1 Å². The second kappa shape index (κ2) is 13.2. The fraction of sp³-hybridized carbons (Fsp3) is 0.765. The Morgan fingerprint density at radius 3 is 1.61 bits per heavy atom. The van der Waals surface area contributed by atoms with E-state index in [0.717, 1.165) is 54.3 Å². The summed E-state index contributed by atoms with van der Waals surface area (Å²) in [6.07, 6.45) is 24.1. The Balaban J connectivity index is 1.03. The summed E-state index contributed by atoms with van der Waals surface area (Å²) >= 11 is 0. The summed E-state index contributed by atoms with van der Waals surface area (Å²) in [5.74, 6) is 5.10. The second-order valence-electron chi connectivity index (χ2n) is 13.1. The molecule has 4 saturated carbocycles. The molecule has 0 bridgehead atoms. The molecule has 212 valence electrons. The molecule has 4 fully saturated rings. The van der Waals surface area contributed by atoms with Crippen LogP contribution in [0.5, 0.6) is 11.5 Å². The molecular formula is C34H50F2O2. The van der Waals surface area contributed by atoms with E-state index in [1.54, 1.807) is 6.92 Å². The molecule has 5 rings (SSSR count). The lowest BCUT2D eigenvalue weighted by Gasteiger charge is -2.47. The first-order valence-corrected chi connectivity index (χ1v) is 15.9. The van der Waals surface area contributed by atoms with Crippen LogP contribution in [0.15, 0.2) is 24.3 Å². The highest BCUT2D eigenvalue weighted by Gasteiger charge is 2.40. The first-order chi connectivity index (χ1) is 18.6. The van der Waals surface area contributed by atoms with Crippen LogP contribution in [0.3, 0.4) is 0 Å². The molecule has 1 aromatic carbocycles. The van der Waals surface area contributed by atoms with Crippen LogP contribution < -0.4 is 9.47 Å². The van der Waals surface area contributed by atoms with Gasteiger partial charge in [0.2, 0.25) is 11.6 Å². The van der Waals surface area contributed by atoms with E-state index < -0.39 is 11.6 Å². The van der Waals surface area contributed by atoms with Crippen molar-refractivity contribution in [3.05, 3.63) is 35.9 Å². The van der Waals surface area contributed by atoms with Crippen LogP contribution in [0.1, 0.15) is 104 Å². The smallest absolute Gasteiger partial charge is 0.204 e. The molecule has 1 aromatic rings. The molecule has 4 heteroatoms. The SMILES string of the molecule is C/C=C/C1CCC(C2CCC3CC(C4CCC(COc5ccc(OCC)c(F)c5F)CC4)CCC3C2)CC1. The summed E-state index contributed by atoms with van der Waals surface area (Å²) in [5, 5.41) is 0. The first-order valence-electron chi connectivity index (χ1n) is 15.9. The topological polar surface area (TPSA) is 18.5 Å². The number of halogens is 2. The molecule has 0 N–H and O–H groups in total. The Hall–Kier alpha value is -1.58. The van der Waals surface area contributed by atoms with E-state index in [1.807, 2.05) is 0 Å². The van der Waals surface area contributed by atoms with Crippen molar-refractivity contribution in [3.63, 3.8) is 0 Å². The van der Waals surface area contributed by atoms with Crippen molar-refractivity contribution < 1.29 is 18.3 Å². The van der Waals surface area contributed by atoms with Crippen molar-refractivity contribution in [2.75, 3.05) is 13.2 Å². The molecule has 4 aliphatic rings. The van der Waals surface area contributed by atoms with Gasteiger partial charge in [-0.3, -0.25) is 0 Å². The maximum Gasteiger partial charge on any atom is 0.204 e. The molecule has 0 saturated heterocycles. The highest BCUT2D eigenvalue weighted by atomic mass is 19.2. The average molecular weight is 529 g/mol. The van der Waals surface area contributed by atoms with Crippen LogP contribution in [-0.2, 0) is 0 Å². The number of hydrogen-bond donors (Lipinski definition) is 0. The van der Waals surface area contributed by atoms with Gasteiger partial charge in [0.15, 0.2) is 11.5 Å². The molecule has 4 aliphatic carbocycles. The van der Waals surface area contributed by atoms with Crippen molar-refractivity contribution in [2.24, 2.45) is 47.3 Å². The predicted molar refractivity (Wildman–Crippen MR) is 150 cm³/mol. The summed E-state index contributed by atoms with van der Waals surface area (Å²) in [7, 11) is 0. The Morgan fingerprint density at radius 2 is 1.11 bits per heavy atom. The quantitative estimate of drug-likeness (QED) is 0.313. The zero-order valence-electron chi connectivity index (χ0n) is 23.8. The van der Waals surface area contributed by atoms with Gasteiger partial charge < -0.3 is 9.47 Å². The number of allylic oxidation sites excluding steroid dienone is 2. The lowest BCUT2D eigenvalue weighted by Crippen LogP contribution is -2.37. The van der Waals surface area contributed by atoms with E-state index >= 15 is 0 Å². The molecule has 0 aromatic heterocycles. The Kier molecular flexibility index (Phi) is 9.70. The standard InChI is InChI=1S/C34H50F2O2/c1-3-5-23-6-10-25(11-7-23)27-14-16-30-21-28(15-17-29(30)20-27)26-12-8-24(9-13-26)22-38-32-19-18-31(37-4-2)33(35)34(32)36/h3,5,18-19,23-30H,4,6-17,20-22H2,1-2H3/b5-3+. The lowest BCUT2D eigenvalue weighted by molar-refractivity contribution is 0.0366. The Labute approximate surface area is 229 Å². The zero-order chi connectivity index (χ0) is 26.5. The molecule has 0 amide bonds. The number of rotatable bonds is 8. The third kappa shape index (κ3) is 6.58. The van der Waals surface area contributed by atoms with E-state index in [2.05, 4.69) is 19.1 Å². The molecule has 4 atom stereocenters. The highest BCUT2D eigenvalue weighted by molar-refractivity contribution is 5.35. The minimum atomic E-state index is -0.950. The minimum Gasteiger partial charge on any atom is -0.491 e. The first kappa shape index (κ1) is 28.0. The number of hydrogen-bond acceptors (Lipinski definition) is 2. The van der Waals surface area contributed by atoms with Crippen molar-refractivity contribution in [3.8, 4) is 11.5 Å². The summed E-state index contributed by atoms with van der Waals surface area (Å²) in [6, 6.07) is 2.96. The Morgan fingerprint density at radius 1 is 0.658 bits per heavy atom. The summed E-state index contributed by atoms with van der Waals surface area (Å²) < 4.78 is 39.4. The van der Waals surface area contributed by atoms with Crippen molar-refractivity contribution in [2.45, 2.75) is 104 Å². The van der Waals surface area contributed by atoms with Gasteiger partial charge in [0.05, 0.1) is 13.2 Å². The van der Waals surface area contributed by atoms with Crippen molar-refractivity contribution in [1.82, 2.24) is 0 Å². The monoisotopic (exact) mass is 528 g/mol. The van der Waals surface area contributed by atoms with Gasteiger partial charge in [0.1, 0.15) is 0 Å². The summed E-state index contributed by atoms with van der Waals surface area (Å²) in [5.41, 5.74) is 0. The maximum absolute atomic E-state index is 14.4. The van der Waals surface area contributed by atoms with Crippen LogP contribution in [0.4, 0.5) is 8.78 Å². The van der Waals surface area contributed by atoms with Crippen molar-refractivity contribution in [1.29, 1.82) is 0 Å². The third-order valence-electron chi connectivity index (χ3n) is 11.0. The molecule has 2 nitrogen and oxygen atoms in total. The van der Waals surface area contributed by atoms with Crippen LogP contribution in [-0.4, -0.2) is 13.2 Å². The molecule has 0 radical (unpaired) electrons. The van der Waals surface area contributed by atoms with Gasteiger partial charge >= 0.3 is 0 Å². The molecule has 38 heavy (non-hydrogen) atoms. The van der Waals surface area contributed by atoms with Gasteiger partial charge in [-0.05, 0) is 163 Å². The average Bonchev–Trinajstić information content (AvgIpc) is 2.95. The van der Waals surface area contributed by atoms with Gasteiger partial charge in [-0.2, -0.15) is 8.78 Å². The van der Waals surface area contributed by atoms with Gasteiger partial charge in [-0.25, -0.2) is 0 Å². The molecule has 4 unspecified atom stereocenters. The molecule has 0 heterocycles. The van der Waals surface area contributed by atoms with Gasteiger partial charge in [0, 0.05) is 0 Å². The predicted octanol–water partition coefficient (Wildman–Crippen LogP) is 9.76. The minimum absolute atomic E-state index is 0.00726. The number of benzene rings is 1. The van der Waals surface area contributed by atoms with Gasteiger partial charge in [-0.15, -0.1) is 0 Å². The molecular weight excluding hydrogens is 478 g/mol. The van der Waals surface area contributed by atoms with Crippen LogP contribution in [0.25, 0.3) is 0 Å². The summed E-state index contributed by atoms with van der Waals surface area (Å²) in [4.78, 5) is 0. The van der Waals surface area contributed by atoms with E-state index in [-0.39, 0.29) is 11.5 Å². The summed E-state index contributed by atoms with van der Waals surface area (Å²) in [6.45, 7) is 4.71. The highest BCUT2D eigenvalue weighted by Crippen LogP contribution is 2.51. The van der Waals surface area contributed by atoms with Gasteiger partial charge in [-0.1, -0.05) is 12.2 Å². The largest absolute Gasteiger partial charge is 0.491 e. The maximum atomic E-state index is 14.4. The van der Waals surface area contributed by atoms with E-state index in [1.165, 1.54) is 89.2 Å².